The van der Waals surface area contributed by atoms with E-state index in [1.165, 1.54) is 32.4 Å². The summed E-state index contributed by atoms with van der Waals surface area (Å²) in [5.74, 6) is 2.17. The Hall–Kier alpha value is -1.35. The second kappa shape index (κ2) is 5.96. The van der Waals surface area contributed by atoms with Gasteiger partial charge in [-0.1, -0.05) is 26.0 Å². The number of hydrogen-bond acceptors (Lipinski definition) is 3. The summed E-state index contributed by atoms with van der Waals surface area (Å²) in [6.45, 7) is 8.11. The van der Waals surface area contributed by atoms with Gasteiger partial charge in [0.2, 0.25) is 0 Å². The average Bonchev–Trinajstić information content (AvgIpc) is 2.89. The Bertz CT molecular complexity index is 528. The quantitative estimate of drug-likeness (QED) is 0.840. The molecule has 1 aliphatic heterocycles. The van der Waals surface area contributed by atoms with E-state index in [1.54, 1.807) is 0 Å². The zero-order valence-electron chi connectivity index (χ0n) is 12.5. The van der Waals surface area contributed by atoms with E-state index in [0.29, 0.717) is 5.92 Å². The summed E-state index contributed by atoms with van der Waals surface area (Å²) in [5.41, 5.74) is 1.91. The summed E-state index contributed by atoms with van der Waals surface area (Å²) >= 11 is 0. The molecule has 0 amide bonds. The van der Waals surface area contributed by atoms with Gasteiger partial charge in [0.1, 0.15) is 5.52 Å². The predicted molar refractivity (Wildman–Crippen MR) is 81.9 cm³/mol. The van der Waals surface area contributed by atoms with Crippen LogP contribution < -0.4 is 0 Å². The highest BCUT2D eigenvalue weighted by Gasteiger charge is 2.25. The maximum Gasteiger partial charge on any atom is 0.199 e. The maximum absolute atomic E-state index is 5.94. The monoisotopic (exact) mass is 272 g/mol. The Morgan fingerprint density at radius 2 is 2.20 bits per heavy atom. The Kier molecular flexibility index (Phi) is 4.06. The lowest BCUT2D eigenvalue weighted by Crippen LogP contribution is -2.35. The summed E-state index contributed by atoms with van der Waals surface area (Å²) in [4.78, 5) is 7.25. The summed E-state index contributed by atoms with van der Waals surface area (Å²) in [5, 5.41) is 0. The van der Waals surface area contributed by atoms with Gasteiger partial charge in [-0.15, -0.1) is 0 Å². The van der Waals surface area contributed by atoms with E-state index in [2.05, 4.69) is 23.7 Å². The fraction of sp³-hybridized carbons (Fsp3) is 0.588. The van der Waals surface area contributed by atoms with Crippen molar-refractivity contribution >= 4 is 11.1 Å². The van der Waals surface area contributed by atoms with E-state index in [-0.39, 0.29) is 0 Å². The molecular weight excluding hydrogens is 248 g/mol. The molecule has 1 unspecified atom stereocenters. The number of aromatic nitrogens is 1. The fourth-order valence-corrected chi connectivity index (χ4v) is 2.97. The molecule has 3 rings (SSSR count). The van der Waals surface area contributed by atoms with Crippen LogP contribution >= 0.6 is 0 Å². The van der Waals surface area contributed by atoms with E-state index < -0.39 is 0 Å². The van der Waals surface area contributed by atoms with Crippen LogP contribution in [0.4, 0.5) is 0 Å². The van der Waals surface area contributed by atoms with Crippen molar-refractivity contribution in [3.63, 3.8) is 0 Å². The van der Waals surface area contributed by atoms with Crippen molar-refractivity contribution in [3.8, 4) is 0 Å². The van der Waals surface area contributed by atoms with Gasteiger partial charge in [0, 0.05) is 12.5 Å². The predicted octanol–water partition coefficient (Wildman–Crippen LogP) is 4.05. The van der Waals surface area contributed by atoms with Crippen molar-refractivity contribution in [1.29, 1.82) is 0 Å². The molecule has 3 heteroatoms. The summed E-state index contributed by atoms with van der Waals surface area (Å²) in [6, 6.07) is 8.06. The molecule has 3 nitrogen and oxygen atoms in total. The first kappa shape index (κ1) is 13.6. The number of piperidine rings is 1. The highest BCUT2D eigenvalue weighted by atomic mass is 16.3. The van der Waals surface area contributed by atoms with Crippen LogP contribution in [0, 0.1) is 5.92 Å². The average molecular weight is 272 g/mol. The van der Waals surface area contributed by atoms with Crippen molar-refractivity contribution in [2.45, 2.75) is 39.0 Å². The van der Waals surface area contributed by atoms with Gasteiger partial charge in [0.25, 0.3) is 0 Å². The minimum Gasteiger partial charge on any atom is -0.440 e. The summed E-state index contributed by atoms with van der Waals surface area (Å²) < 4.78 is 5.94. The second-order valence-corrected chi connectivity index (χ2v) is 6.34. The van der Waals surface area contributed by atoms with Gasteiger partial charge < -0.3 is 9.32 Å². The first-order valence-corrected chi connectivity index (χ1v) is 7.80. The molecule has 0 spiro atoms. The third-order valence-corrected chi connectivity index (χ3v) is 4.19. The van der Waals surface area contributed by atoms with Crippen LogP contribution in [0.2, 0.25) is 0 Å². The number of oxazole rings is 1. The van der Waals surface area contributed by atoms with E-state index in [4.69, 9.17) is 4.42 Å². The number of likely N-dealkylation sites (tertiary alicyclic amines) is 1. The molecule has 108 valence electrons. The third kappa shape index (κ3) is 3.04. The summed E-state index contributed by atoms with van der Waals surface area (Å²) in [6.07, 6.45) is 3.73. The lowest BCUT2D eigenvalue weighted by atomic mass is 9.97. The molecule has 1 aliphatic rings. The normalized spacial score (nSPS) is 20.9. The fourth-order valence-electron chi connectivity index (χ4n) is 2.97. The molecule has 1 atom stereocenters. The first-order valence-electron chi connectivity index (χ1n) is 7.80. The van der Waals surface area contributed by atoms with Gasteiger partial charge in [-0.05, 0) is 50.4 Å². The Morgan fingerprint density at radius 3 is 3.00 bits per heavy atom. The second-order valence-electron chi connectivity index (χ2n) is 6.34. The van der Waals surface area contributed by atoms with E-state index in [9.17, 15) is 0 Å². The minimum absolute atomic E-state index is 0.461. The molecule has 1 saturated heterocycles. The number of para-hydroxylation sites is 2. The molecular formula is C17H24N2O. The zero-order valence-corrected chi connectivity index (χ0v) is 12.5. The van der Waals surface area contributed by atoms with Crippen LogP contribution in [-0.4, -0.2) is 29.5 Å². The topological polar surface area (TPSA) is 29.3 Å². The van der Waals surface area contributed by atoms with Gasteiger partial charge in [-0.3, -0.25) is 0 Å². The highest BCUT2D eigenvalue weighted by molar-refractivity contribution is 5.72. The van der Waals surface area contributed by atoms with Crippen molar-refractivity contribution in [1.82, 2.24) is 9.88 Å². The molecule has 0 bridgehead atoms. The van der Waals surface area contributed by atoms with Crippen LogP contribution in [0.25, 0.3) is 11.1 Å². The number of benzene rings is 1. The Labute approximate surface area is 121 Å². The minimum atomic E-state index is 0.461. The number of rotatable bonds is 4. The van der Waals surface area contributed by atoms with Gasteiger partial charge in [-0.2, -0.15) is 0 Å². The zero-order chi connectivity index (χ0) is 13.9. The molecule has 0 aliphatic carbocycles. The van der Waals surface area contributed by atoms with E-state index in [0.717, 1.165) is 29.5 Å². The smallest absolute Gasteiger partial charge is 0.199 e. The number of fused-ring (bicyclic) bond motifs is 1. The molecule has 2 aromatic rings. The van der Waals surface area contributed by atoms with Gasteiger partial charge in [-0.25, -0.2) is 4.98 Å². The number of nitrogens with zero attached hydrogens (tertiary/aromatic N) is 2. The Balaban J connectivity index is 1.69. The third-order valence-electron chi connectivity index (χ3n) is 4.19. The standard InChI is InChI=1S/C17H24N2O/c1-13(2)9-11-19-10-5-6-14(12-19)17-18-15-7-3-4-8-16(15)20-17/h3-4,7-8,13-14H,5-6,9-12H2,1-2H3. The molecule has 1 fully saturated rings. The molecule has 0 saturated carbocycles. The lowest BCUT2D eigenvalue weighted by Gasteiger charge is -2.31. The number of hydrogen-bond donors (Lipinski definition) is 0. The maximum atomic E-state index is 5.94. The molecule has 0 N–H and O–H groups in total. The van der Waals surface area contributed by atoms with Crippen molar-refractivity contribution in [3.05, 3.63) is 30.2 Å². The highest BCUT2D eigenvalue weighted by Crippen LogP contribution is 2.29. The van der Waals surface area contributed by atoms with Crippen LogP contribution in [0.1, 0.15) is 44.9 Å². The van der Waals surface area contributed by atoms with Crippen LogP contribution in [-0.2, 0) is 0 Å². The molecule has 1 aromatic heterocycles. The SMILES string of the molecule is CC(C)CCN1CCCC(c2nc3ccccc3o2)C1. The molecule has 20 heavy (non-hydrogen) atoms. The lowest BCUT2D eigenvalue weighted by molar-refractivity contribution is 0.186. The molecule has 1 aromatic carbocycles. The van der Waals surface area contributed by atoms with Crippen molar-refractivity contribution < 1.29 is 4.42 Å². The summed E-state index contributed by atoms with van der Waals surface area (Å²) in [7, 11) is 0. The van der Waals surface area contributed by atoms with Crippen LogP contribution in [0.5, 0.6) is 0 Å². The van der Waals surface area contributed by atoms with Crippen LogP contribution in [0.15, 0.2) is 28.7 Å². The van der Waals surface area contributed by atoms with E-state index >= 15 is 0 Å². The van der Waals surface area contributed by atoms with Crippen LogP contribution in [0.3, 0.4) is 0 Å². The molecule has 2 heterocycles. The molecule has 0 radical (unpaired) electrons. The van der Waals surface area contributed by atoms with Gasteiger partial charge >= 0.3 is 0 Å². The van der Waals surface area contributed by atoms with E-state index in [1.807, 2.05) is 24.3 Å². The van der Waals surface area contributed by atoms with Gasteiger partial charge in [0.15, 0.2) is 11.5 Å². The Morgan fingerprint density at radius 1 is 1.35 bits per heavy atom. The first-order chi connectivity index (χ1) is 9.72. The largest absolute Gasteiger partial charge is 0.440 e. The van der Waals surface area contributed by atoms with Crippen molar-refractivity contribution in [2.24, 2.45) is 5.92 Å². The van der Waals surface area contributed by atoms with Gasteiger partial charge in [0.05, 0.1) is 0 Å². The van der Waals surface area contributed by atoms with Crippen molar-refractivity contribution in [2.75, 3.05) is 19.6 Å².